The Hall–Kier alpha value is -4.42. The monoisotopic (exact) mass is 573 g/mol. The van der Waals surface area contributed by atoms with Crippen molar-refractivity contribution in [3.8, 4) is 5.75 Å². The molecule has 0 radical (unpaired) electrons. The summed E-state index contributed by atoms with van der Waals surface area (Å²) in [6.07, 6.45) is 1.73. The number of nitro benzene ring substituents is 1. The molecule has 0 spiro atoms. The molecule has 14 heteroatoms. The Bertz CT molecular complexity index is 1500. The number of aryl methyl sites for hydroxylation is 1. The average molecular weight is 574 g/mol. The summed E-state index contributed by atoms with van der Waals surface area (Å²) < 4.78 is 11.2. The summed E-state index contributed by atoms with van der Waals surface area (Å²) in [6.45, 7) is 1.30. The minimum atomic E-state index is -0.864. The number of benzene rings is 2. The van der Waals surface area contributed by atoms with E-state index in [2.05, 4.69) is 21.4 Å². The van der Waals surface area contributed by atoms with E-state index in [0.29, 0.717) is 52.6 Å². The maximum Gasteiger partial charge on any atom is 0.305 e. The number of rotatable bonds is 7. The number of ether oxygens (including phenoxy) is 1. The van der Waals surface area contributed by atoms with Crippen LogP contribution in [0.1, 0.15) is 50.6 Å². The topological polar surface area (TPSA) is 165 Å². The third-order valence-electron chi connectivity index (χ3n) is 5.74. The molecule has 0 atom stereocenters. The van der Waals surface area contributed by atoms with Gasteiger partial charge in [0.2, 0.25) is 0 Å². The van der Waals surface area contributed by atoms with Crippen molar-refractivity contribution in [2.45, 2.75) is 26.2 Å². The van der Waals surface area contributed by atoms with Crippen molar-refractivity contribution < 1.29 is 28.5 Å². The lowest BCUT2D eigenvalue weighted by atomic mass is 9.93. The number of carbonyl (C=O) groups excluding carboxylic acids is 3. The van der Waals surface area contributed by atoms with E-state index in [1.54, 1.807) is 19.1 Å². The molecule has 1 heterocycles. The van der Waals surface area contributed by atoms with Crippen LogP contribution in [0.4, 0.5) is 5.69 Å². The summed E-state index contributed by atoms with van der Waals surface area (Å²) in [4.78, 5) is 48.0. The zero-order chi connectivity index (χ0) is 28.1. The highest BCUT2D eigenvalue weighted by molar-refractivity contribution is 6.35. The summed E-state index contributed by atoms with van der Waals surface area (Å²) in [5, 5.41) is 16.1. The number of nitrogens with one attached hydrogen (secondary N) is 3. The van der Waals surface area contributed by atoms with E-state index < -0.39 is 28.3 Å². The van der Waals surface area contributed by atoms with Crippen LogP contribution in [-0.4, -0.2) is 35.0 Å². The van der Waals surface area contributed by atoms with Crippen LogP contribution in [0.25, 0.3) is 0 Å². The van der Waals surface area contributed by atoms with Gasteiger partial charge in [-0.05, 0) is 44.0 Å². The first kappa shape index (κ1) is 27.6. The van der Waals surface area contributed by atoms with E-state index in [0.717, 1.165) is 0 Å². The number of hydrogen-bond donors (Lipinski definition) is 3. The van der Waals surface area contributed by atoms with Gasteiger partial charge in [0.25, 0.3) is 17.5 Å². The van der Waals surface area contributed by atoms with Crippen molar-refractivity contribution in [1.82, 2.24) is 16.3 Å². The summed E-state index contributed by atoms with van der Waals surface area (Å²) >= 11 is 11.9. The van der Waals surface area contributed by atoms with Gasteiger partial charge < -0.3 is 9.15 Å². The van der Waals surface area contributed by atoms with E-state index >= 15 is 0 Å². The van der Waals surface area contributed by atoms with Crippen molar-refractivity contribution in [3.05, 3.63) is 90.8 Å². The highest BCUT2D eigenvalue weighted by atomic mass is 35.5. The molecule has 39 heavy (non-hydrogen) atoms. The minimum Gasteiger partial charge on any atom is -0.482 e. The quantitative estimate of drug-likeness (QED) is 0.282. The van der Waals surface area contributed by atoms with Gasteiger partial charge >= 0.3 is 5.91 Å². The molecule has 3 amide bonds. The standard InChI is InChI=1S/C25H21Cl2N5O7/c1-13-22-17(28-29-21(33)12-38-19-10-9-14(26)11-16(19)27)6-4-8-20(22)39-23(13)25(35)31-30-24(34)15-5-2-3-7-18(15)32(36)37/h2-3,5,7,9-11H,4,6,8,12H2,1H3,(H,29,33)(H,30,34)(H,31,35)/b28-17+. The van der Waals surface area contributed by atoms with Gasteiger partial charge in [-0.2, -0.15) is 5.10 Å². The van der Waals surface area contributed by atoms with Crippen molar-refractivity contribution in [3.63, 3.8) is 0 Å². The van der Waals surface area contributed by atoms with Gasteiger partial charge in [-0.3, -0.25) is 35.3 Å². The van der Waals surface area contributed by atoms with E-state index in [1.165, 1.54) is 30.3 Å². The smallest absolute Gasteiger partial charge is 0.305 e. The van der Waals surface area contributed by atoms with Crippen molar-refractivity contribution >= 4 is 52.3 Å². The first-order valence-electron chi connectivity index (χ1n) is 11.6. The Morgan fingerprint density at radius 2 is 1.85 bits per heavy atom. The van der Waals surface area contributed by atoms with Gasteiger partial charge in [0.1, 0.15) is 17.1 Å². The van der Waals surface area contributed by atoms with Crippen LogP contribution in [0, 0.1) is 17.0 Å². The molecule has 12 nitrogen and oxygen atoms in total. The average Bonchev–Trinajstić information content (AvgIpc) is 3.26. The number of nitro groups is 1. The Balaban J connectivity index is 1.41. The maximum atomic E-state index is 12.8. The number of para-hydroxylation sites is 1. The van der Waals surface area contributed by atoms with Crippen LogP contribution in [0.2, 0.25) is 10.0 Å². The number of hydrogen-bond acceptors (Lipinski definition) is 8. The lowest BCUT2D eigenvalue weighted by Gasteiger charge is -2.13. The van der Waals surface area contributed by atoms with Crippen molar-refractivity contribution in [1.29, 1.82) is 0 Å². The largest absolute Gasteiger partial charge is 0.482 e. The molecular formula is C25H21Cl2N5O7. The molecule has 0 saturated heterocycles. The third-order valence-corrected chi connectivity index (χ3v) is 6.27. The van der Waals surface area contributed by atoms with Crippen LogP contribution in [-0.2, 0) is 11.2 Å². The predicted octanol–water partition coefficient (Wildman–Crippen LogP) is 4.11. The predicted molar refractivity (Wildman–Crippen MR) is 141 cm³/mol. The van der Waals surface area contributed by atoms with Crippen molar-refractivity contribution in [2.75, 3.05) is 6.61 Å². The van der Waals surface area contributed by atoms with Gasteiger partial charge in [-0.1, -0.05) is 35.3 Å². The van der Waals surface area contributed by atoms with E-state index in [4.69, 9.17) is 32.4 Å². The number of fused-ring (bicyclic) bond motifs is 1. The Morgan fingerprint density at radius 1 is 1.10 bits per heavy atom. The number of furan rings is 1. The molecule has 0 bridgehead atoms. The van der Waals surface area contributed by atoms with Gasteiger partial charge in [-0.25, -0.2) is 5.43 Å². The number of carbonyl (C=O) groups is 3. The molecular weight excluding hydrogens is 553 g/mol. The Kier molecular flexibility index (Phi) is 8.47. The van der Waals surface area contributed by atoms with Gasteiger partial charge in [0, 0.05) is 28.6 Å². The van der Waals surface area contributed by atoms with Crippen LogP contribution in [0.5, 0.6) is 5.75 Å². The molecule has 1 aromatic heterocycles. The van der Waals surface area contributed by atoms with Gasteiger partial charge in [-0.15, -0.1) is 0 Å². The fourth-order valence-corrected chi connectivity index (χ4v) is 4.42. The molecule has 1 aliphatic carbocycles. The number of halogens is 2. The zero-order valence-corrected chi connectivity index (χ0v) is 21.9. The zero-order valence-electron chi connectivity index (χ0n) is 20.4. The first-order valence-corrected chi connectivity index (χ1v) is 12.3. The fourth-order valence-electron chi connectivity index (χ4n) is 3.96. The molecule has 0 fully saturated rings. The second-order valence-electron chi connectivity index (χ2n) is 8.35. The number of hydrazine groups is 1. The number of hydrazone groups is 1. The summed E-state index contributed by atoms with van der Waals surface area (Å²) in [7, 11) is 0. The number of amides is 3. The molecule has 202 valence electrons. The molecule has 3 aromatic rings. The van der Waals surface area contributed by atoms with Gasteiger partial charge in [0.05, 0.1) is 15.7 Å². The molecule has 2 aromatic carbocycles. The lowest BCUT2D eigenvalue weighted by Crippen LogP contribution is -2.42. The molecule has 0 saturated carbocycles. The Labute approximate surface area is 231 Å². The molecule has 0 unspecified atom stereocenters. The van der Waals surface area contributed by atoms with E-state index in [9.17, 15) is 24.5 Å². The maximum absolute atomic E-state index is 12.8. The lowest BCUT2D eigenvalue weighted by molar-refractivity contribution is -0.385. The molecule has 4 rings (SSSR count). The van der Waals surface area contributed by atoms with Crippen LogP contribution in [0.3, 0.4) is 0 Å². The second kappa shape index (κ2) is 12.0. The summed E-state index contributed by atoms with van der Waals surface area (Å²) in [6, 6.07) is 9.95. The van der Waals surface area contributed by atoms with E-state index in [-0.39, 0.29) is 23.0 Å². The van der Waals surface area contributed by atoms with E-state index in [1.807, 2.05) is 0 Å². The molecule has 3 N–H and O–H groups in total. The summed E-state index contributed by atoms with van der Waals surface area (Å²) in [5.41, 5.74) is 7.75. The highest BCUT2D eigenvalue weighted by Crippen LogP contribution is 2.30. The van der Waals surface area contributed by atoms with Crippen LogP contribution >= 0.6 is 23.2 Å². The SMILES string of the molecule is Cc1c(C(=O)NNC(=O)c2ccccc2[N+](=O)[O-])oc2c1/C(=N/NC(=O)COc1ccc(Cl)cc1Cl)CCC2. The number of nitrogens with zero attached hydrogens (tertiary/aromatic N) is 2. The van der Waals surface area contributed by atoms with Crippen LogP contribution in [0.15, 0.2) is 52.0 Å². The van der Waals surface area contributed by atoms with Gasteiger partial charge in [0.15, 0.2) is 12.4 Å². The Morgan fingerprint density at radius 3 is 2.59 bits per heavy atom. The van der Waals surface area contributed by atoms with Crippen LogP contribution < -0.4 is 21.0 Å². The third kappa shape index (κ3) is 6.36. The molecule has 0 aliphatic heterocycles. The van der Waals surface area contributed by atoms with Crippen molar-refractivity contribution in [2.24, 2.45) is 5.10 Å². The summed E-state index contributed by atoms with van der Waals surface area (Å²) in [5.74, 6) is -1.42. The first-order chi connectivity index (χ1) is 18.7. The molecule has 1 aliphatic rings. The second-order valence-corrected chi connectivity index (χ2v) is 9.19. The minimum absolute atomic E-state index is 0.0653. The normalized spacial score (nSPS) is 13.4. The fraction of sp³-hybridized carbons (Fsp3) is 0.200. The highest BCUT2D eigenvalue weighted by Gasteiger charge is 2.29.